The van der Waals surface area contributed by atoms with E-state index in [0.717, 1.165) is 27.5 Å². The molecule has 0 saturated heterocycles. The second-order valence-electron chi connectivity index (χ2n) is 4.49. The fourth-order valence-electron chi connectivity index (χ4n) is 2.24. The molecule has 3 aromatic heterocycles. The lowest BCUT2D eigenvalue weighted by Crippen LogP contribution is -1.93. The minimum Gasteiger partial charge on any atom is -0.383 e. The van der Waals surface area contributed by atoms with Crippen LogP contribution in [0.1, 0.15) is 0 Å². The smallest absolute Gasteiger partial charge is 0.177 e. The van der Waals surface area contributed by atoms with E-state index < -0.39 is 0 Å². The average Bonchev–Trinajstić information content (AvgIpc) is 2.95. The molecular weight excluding hydrogens is 252 g/mol. The Bertz CT molecular complexity index is 927. The minimum atomic E-state index is 0.479. The number of H-pyrrole nitrogens is 1. The number of nitrogens with zero attached hydrogens (tertiary/aromatic N) is 4. The predicted octanol–water partition coefficient (Wildman–Crippen LogP) is 2.15. The Kier molecular flexibility index (Phi) is 2.17. The number of aromatic amines is 1. The van der Waals surface area contributed by atoms with E-state index in [1.54, 1.807) is 12.5 Å². The summed E-state index contributed by atoms with van der Waals surface area (Å²) in [4.78, 5) is 19.7. The van der Waals surface area contributed by atoms with Gasteiger partial charge in [0.2, 0.25) is 0 Å². The van der Waals surface area contributed by atoms with Crippen LogP contribution < -0.4 is 5.73 Å². The van der Waals surface area contributed by atoms with Crippen molar-refractivity contribution in [3.05, 3.63) is 43.1 Å². The number of nitrogen functional groups attached to an aromatic ring is 1. The topological polar surface area (TPSA) is 93.4 Å². The third-order valence-corrected chi connectivity index (χ3v) is 3.27. The summed E-state index contributed by atoms with van der Waals surface area (Å²) >= 11 is 0. The van der Waals surface area contributed by atoms with Gasteiger partial charge < -0.3 is 10.7 Å². The Labute approximate surface area is 113 Å². The van der Waals surface area contributed by atoms with E-state index >= 15 is 0 Å². The van der Waals surface area contributed by atoms with E-state index in [2.05, 4.69) is 24.9 Å². The van der Waals surface area contributed by atoms with E-state index in [1.165, 1.54) is 6.33 Å². The highest BCUT2D eigenvalue weighted by molar-refractivity contribution is 5.92. The van der Waals surface area contributed by atoms with Crippen molar-refractivity contribution in [2.24, 2.45) is 0 Å². The van der Waals surface area contributed by atoms with Crippen LogP contribution in [0.25, 0.3) is 33.2 Å². The predicted molar refractivity (Wildman–Crippen MR) is 76.8 cm³/mol. The molecule has 0 amide bonds. The maximum absolute atomic E-state index is 5.89. The van der Waals surface area contributed by atoms with Crippen LogP contribution in [0, 0.1) is 0 Å². The maximum Gasteiger partial charge on any atom is 0.177 e. The first kappa shape index (κ1) is 10.9. The van der Waals surface area contributed by atoms with Crippen molar-refractivity contribution in [1.29, 1.82) is 0 Å². The minimum absolute atomic E-state index is 0.479. The van der Waals surface area contributed by atoms with Gasteiger partial charge >= 0.3 is 0 Å². The summed E-state index contributed by atoms with van der Waals surface area (Å²) in [5, 5.41) is 0.842. The number of rotatable bonds is 1. The third kappa shape index (κ3) is 1.58. The molecule has 0 unspecified atom stereocenters. The second kappa shape index (κ2) is 3.99. The van der Waals surface area contributed by atoms with Gasteiger partial charge in [0.05, 0.1) is 17.4 Å². The lowest BCUT2D eigenvalue weighted by molar-refractivity contribution is 1.23. The Morgan fingerprint density at radius 3 is 2.85 bits per heavy atom. The third-order valence-electron chi connectivity index (χ3n) is 3.27. The number of imidazole rings is 1. The van der Waals surface area contributed by atoms with E-state index in [-0.39, 0.29) is 0 Å². The van der Waals surface area contributed by atoms with Crippen LogP contribution in [0.15, 0.2) is 43.1 Å². The van der Waals surface area contributed by atoms with Crippen LogP contribution in [-0.4, -0.2) is 24.9 Å². The van der Waals surface area contributed by atoms with Gasteiger partial charge in [0.15, 0.2) is 5.65 Å². The van der Waals surface area contributed by atoms with Gasteiger partial charge in [-0.25, -0.2) is 19.9 Å². The number of nitrogens with two attached hydrogens (primary N) is 1. The largest absolute Gasteiger partial charge is 0.383 e. The molecule has 0 saturated carbocycles. The molecule has 3 heterocycles. The Hall–Kier alpha value is -3.02. The van der Waals surface area contributed by atoms with Gasteiger partial charge in [0, 0.05) is 17.1 Å². The molecule has 0 fully saturated rings. The number of fused-ring (bicyclic) bond motifs is 2. The highest BCUT2D eigenvalue weighted by atomic mass is 14.9. The van der Waals surface area contributed by atoms with Gasteiger partial charge in [-0.15, -0.1) is 0 Å². The van der Waals surface area contributed by atoms with Gasteiger partial charge in [0.25, 0.3) is 0 Å². The van der Waals surface area contributed by atoms with E-state index in [1.807, 2.05) is 24.3 Å². The van der Waals surface area contributed by atoms with Crippen molar-refractivity contribution >= 4 is 27.9 Å². The molecule has 6 heteroatoms. The molecule has 0 radical (unpaired) electrons. The van der Waals surface area contributed by atoms with Crippen LogP contribution in [0.5, 0.6) is 0 Å². The molecule has 96 valence electrons. The van der Waals surface area contributed by atoms with Gasteiger partial charge in [-0.05, 0) is 23.8 Å². The van der Waals surface area contributed by atoms with E-state index in [0.29, 0.717) is 11.5 Å². The zero-order chi connectivity index (χ0) is 13.5. The summed E-state index contributed by atoms with van der Waals surface area (Å²) in [5.41, 5.74) is 10.3. The summed E-state index contributed by atoms with van der Waals surface area (Å²) in [6.45, 7) is 0. The van der Waals surface area contributed by atoms with Crippen molar-refractivity contribution in [2.75, 3.05) is 5.73 Å². The number of anilines is 1. The van der Waals surface area contributed by atoms with Gasteiger partial charge in [-0.2, -0.15) is 0 Å². The highest BCUT2D eigenvalue weighted by Crippen LogP contribution is 2.26. The molecule has 6 nitrogen and oxygen atoms in total. The second-order valence-corrected chi connectivity index (χ2v) is 4.49. The van der Waals surface area contributed by atoms with Gasteiger partial charge in [-0.3, -0.25) is 0 Å². The average molecular weight is 262 g/mol. The lowest BCUT2D eigenvalue weighted by atomic mass is 10.1. The van der Waals surface area contributed by atoms with Crippen molar-refractivity contribution in [1.82, 2.24) is 24.9 Å². The van der Waals surface area contributed by atoms with Crippen molar-refractivity contribution < 1.29 is 0 Å². The van der Waals surface area contributed by atoms with Crippen LogP contribution in [-0.2, 0) is 0 Å². The molecule has 4 rings (SSSR count). The molecule has 3 N–H and O–H groups in total. The summed E-state index contributed by atoms with van der Waals surface area (Å²) in [6, 6.07) is 7.91. The highest BCUT2D eigenvalue weighted by Gasteiger charge is 2.06. The Morgan fingerprint density at radius 2 is 1.90 bits per heavy atom. The number of hydrogen-bond acceptors (Lipinski definition) is 5. The zero-order valence-electron chi connectivity index (χ0n) is 10.4. The van der Waals surface area contributed by atoms with Crippen LogP contribution in [0.2, 0.25) is 0 Å². The standard InChI is InChI=1S/C14H10N6/c15-13-10-3-8(1-2-11(10)17-6-19-13)9-4-12-14(16-5-9)20-7-18-12/h1-7H,(H2,15,17,19)(H,16,18,20). The van der Waals surface area contributed by atoms with Crippen LogP contribution in [0.4, 0.5) is 5.82 Å². The number of pyridine rings is 1. The molecule has 20 heavy (non-hydrogen) atoms. The molecular formula is C14H10N6. The Balaban J connectivity index is 1.94. The first-order chi connectivity index (χ1) is 9.81. The summed E-state index contributed by atoms with van der Waals surface area (Å²) < 4.78 is 0. The molecule has 0 atom stereocenters. The van der Waals surface area contributed by atoms with E-state index in [4.69, 9.17) is 5.73 Å². The summed E-state index contributed by atoms with van der Waals surface area (Å²) in [6.07, 6.45) is 4.90. The molecule has 0 bridgehead atoms. The maximum atomic E-state index is 5.89. The molecule has 0 aliphatic carbocycles. The number of benzene rings is 1. The van der Waals surface area contributed by atoms with Gasteiger partial charge in [-0.1, -0.05) is 6.07 Å². The lowest BCUT2D eigenvalue weighted by Gasteiger charge is -2.04. The fourth-order valence-corrected chi connectivity index (χ4v) is 2.24. The summed E-state index contributed by atoms with van der Waals surface area (Å²) in [7, 11) is 0. The van der Waals surface area contributed by atoms with Crippen LogP contribution in [0.3, 0.4) is 0 Å². The van der Waals surface area contributed by atoms with E-state index in [9.17, 15) is 0 Å². The molecule has 1 aromatic carbocycles. The molecule has 0 aliphatic rings. The summed E-state index contributed by atoms with van der Waals surface area (Å²) in [5.74, 6) is 0.479. The van der Waals surface area contributed by atoms with Crippen molar-refractivity contribution in [3.63, 3.8) is 0 Å². The van der Waals surface area contributed by atoms with Crippen molar-refractivity contribution in [3.8, 4) is 11.1 Å². The zero-order valence-corrected chi connectivity index (χ0v) is 10.4. The van der Waals surface area contributed by atoms with Gasteiger partial charge in [0.1, 0.15) is 12.1 Å². The first-order valence-electron chi connectivity index (χ1n) is 6.11. The van der Waals surface area contributed by atoms with Crippen molar-refractivity contribution in [2.45, 2.75) is 0 Å². The normalized spacial score (nSPS) is 11.2. The molecule has 0 spiro atoms. The quantitative estimate of drug-likeness (QED) is 0.548. The SMILES string of the molecule is Nc1ncnc2ccc(-c3cnc4nc[nH]c4c3)cc12. The number of hydrogen-bond donors (Lipinski definition) is 2. The number of nitrogens with one attached hydrogen (secondary N) is 1. The monoisotopic (exact) mass is 262 g/mol. The Morgan fingerprint density at radius 1 is 0.950 bits per heavy atom. The molecule has 0 aliphatic heterocycles. The fraction of sp³-hybridized carbons (Fsp3) is 0. The molecule has 4 aromatic rings. The number of aromatic nitrogens is 5. The van der Waals surface area contributed by atoms with Crippen LogP contribution >= 0.6 is 0 Å². The first-order valence-corrected chi connectivity index (χ1v) is 6.11.